The number of rotatable bonds is 0. The van der Waals surface area contributed by atoms with E-state index in [1.54, 1.807) is 0 Å². The lowest BCUT2D eigenvalue weighted by atomic mass is 10.0. The van der Waals surface area contributed by atoms with Gasteiger partial charge in [0.25, 0.3) is 0 Å². The lowest BCUT2D eigenvalue weighted by Crippen LogP contribution is -2.23. The van der Waals surface area contributed by atoms with Crippen molar-refractivity contribution in [1.29, 1.82) is 0 Å². The first-order valence-electron chi connectivity index (χ1n) is 5.39. The zero-order valence-electron chi connectivity index (χ0n) is 8.73. The molecule has 0 N–H and O–H groups in total. The second-order valence-electron chi connectivity index (χ2n) is 4.21. The van der Waals surface area contributed by atoms with Crippen LogP contribution in [0.4, 0.5) is 0 Å². The van der Waals surface area contributed by atoms with Crippen molar-refractivity contribution in [3.8, 4) is 0 Å². The van der Waals surface area contributed by atoms with Crippen molar-refractivity contribution < 1.29 is 4.79 Å². The molecule has 2 aromatic rings. The fourth-order valence-corrected chi connectivity index (χ4v) is 2.49. The topological polar surface area (TPSA) is 22.0 Å². The van der Waals surface area contributed by atoms with E-state index in [4.69, 9.17) is 0 Å². The molecule has 0 fully saturated rings. The van der Waals surface area contributed by atoms with E-state index in [2.05, 4.69) is 22.8 Å². The molecular weight excluding hydrogens is 186 g/mol. The number of benzene rings is 1. The van der Waals surface area contributed by atoms with Crippen LogP contribution in [-0.2, 0) is 11.2 Å². The summed E-state index contributed by atoms with van der Waals surface area (Å²) in [7, 11) is 0. The van der Waals surface area contributed by atoms with Crippen molar-refractivity contribution >= 4 is 16.7 Å². The molecule has 15 heavy (non-hydrogen) atoms. The van der Waals surface area contributed by atoms with Crippen LogP contribution in [0.1, 0.15) is 25.1 Å². The van der Waals surface area contributed by atoms with Crippen LogP contribution in [0.25, 0.3) is 10.9 Å². The van der Waals surface area contributed by atoms with E-state index >= 15 is 0 Å². The monoisotopic (exact) mass is 199 g/mol. The minimum atomic E-state index is 0.00801. The maximum absolute atomic E-state index is 11.7. The molecule has 1 unspecified atom stereocenters. The Kier molecular flexibility index (Phi) is 1.72. The van der Waals surface area contributed by atoms with Crippen molar-refractivity contribution in [3.05, 3.63) is 36.0 Å². The molecule has 76 valence electrons. The van der Waals surface area contributed by atoms with Gasteiger partial charge in [-0.3, -0.25) is 4.79 Å². The molecule has 0 aliphatic carbocycles. The van der Waals surface area contributed by atoms with Gasteiger partial charge in [-0.15, -0.1) is 0 Å². The van der Waals surface area contributed by atoms with Crippen molar-refractivity contribution in [2.24, 2.45) is 0 Å². The third-order valence-electron chi connectivity index (χ3n) is 3.31. The van der Waals surface area contributed by atoms with Crippen LogP contribution in [0, 0.1) is 0 Å². The van der Waals surface area contributed by atoms with Crippen LogP contribution < -0.4 is 0 Å². The third kappa shape index (κ3) is 1.14. The molecule has 1 aromatic heterocycles. The lowest BCUT2D eigenvalue weighted by molar-refractivity contribution is -0.122. The molecule has 3 rings (SSSR count). The van der Waals surface area contributed by atoms with E-state index in [1.807, 2.05) is 19.1 Å². The average Bonchev–Trinajstić information content (AvgIpc) is 2.62. The number of fused-ring (bicyclic) bond motifs is 3. The molecule has 0 amide bonds. The van der Waals surface area contributed by atoms with Crippen LogP contribution in [-0.4, -0.2) is 10.4 Å². The Morgan fingerprint density at radius 1 is 1.27 bits per heavy atom. The number of carbonyl (C=O) groups excluding carboxylic acids is 1. The highest BCUT2D eigenvalue weighted by molar-refractivity contribution is 5.89. The van der Waals surface area contributed by atoms with Gasteiger partial charge in [0.1, 0.15) is 0 Å². The van der Waals surface area contributed by atoms with E-state index in [9.17, 15) is 4.79 Å². The Labute approximate surface area is 88.5 Å². The lowest BCUT2D eigenvalue weighted by Gasteiger charge is -2.22. The predicted molar refractivity (Wildman–Crippen MR) is 60.0 cm³/mol. The minimum Gasteiger partial charge on any atom is -0.334 e. The Morgan fingerprint density at radius 2 is 2.07 bits per heavy atom. The largest absolute Gasteiger partial charge is 0.334 e. The molecule has 0 saturated carbocycles. The van der Waals surface area contributed by atoms with Gasteiger partial charge in [0, 0.05) is 17.6 Å². The summed E-state index contributed by atoms with van der Waals surface area (Å²) in [5.41, 5.74) is 2.48. The highest BCUT2D eigenvalue weighted by Gasteiger charge is 2.24. The minimum absolute atomic E-state index is 0.00801. The fourth-order valence-electron chi connectivity index (χ4n) is 2.49. The number of carbonyl (C=O) groups is 1. The van der Waals surface area contributed by atoms with Gasteiger partial charge in [-0.25, -0.2) is 0 Å². The summed E-state index contributed by atoms with van der Waals surface area (Å²) in [6.07, 6.45) is 1.58. The molecule has 0 radical (unpaired) electrons. The smallest absolute Gasteiger partial charge is 0.155 e. The van der Waals surface area contributed by atoms with Gasteiger partial charge >= 0.3 is 0 Å². The number of hydrogen-bond donors (Lipinski definition) is 0. The fraction of sp³-hybridized carbons (Fsp3) is 0.308. The van der Waals surface area contributed by atoms with Gasteiger partial charge in [0.05, 0.1) is 6.04 Å². The molecule has 2 heteroatoms. The normalized spacial score (nSPS) is 20.6. The first kappa shape index (κ1) is 8.72. The molecule has 1 aromatic carbocycles. The number of Topliss-reactive ketones (excluding diaryl/α,β-unsaturated/α-hetero) is 1. The molecule has 2 nitrogen and oxygen atoms in total. The average molecular weight is 199 g/mol. The maximum Gasteiger partial charge on any atom is 0.155 e. The molecule has 1 atom stereocenters. The summed E-state index contributed by atoms with van der Waals surface area (Å²) < 4.78 is 2.18. The summed E-state index contributed by atoms with van der Waals surface area (Å²) >= 11 is 0. The van der Waals surface area contributed by atoms with Crippen LogP contribution in [0.3, 0.4) is 0 Å². The third-order valence-corrected chi connectivity index (χ3v) is 3.31. The summed E-state index contributed by atoms with van der Waals surface area (Å²) in [4.78, 5) is 11.7. The zero-order valence-corrected chi connectivity index (χ0v) is 8.73. The number of aryl methyl sites for hydroxylation is 1. The predicted octanol–water partition coefficient (Wildman–Crippen LogP) is 2.72. The summed E-state index contributed by atoms with van der Waals surface area (Å²) in [6.45, 7) is 2.00. The van der Waals surface area contributed by atoms with Crippen molar-refractivity contribution in [1.82, 2.24) is 4.57 Å². The molecule has 2 heterocycles. The van der Waals surface area contributed by atoms with Crippen LogP contribution in [0.5, 0.6) is 0 Å². The summed E-state index contributed by atoms with van der Waals surface area (Å²) in [6, 6.07) is 10.5. The van der Waals surface area contributed by atoms with E-state index < -0.39 is 0 Å². The molecule has 0 saturated heterocycles. The molecule has 0 bridgehead atoms. The Bertz CT molecular complexity index is 538. The molecular formula is C13H13NO. The van der Waals surface area contributed by atoms with Gasteiger partial charge in [0.2, 0.25) is 0 Å². The second kappa shape index (κ2) is 2.96. The van der Waals surface area contributed by atoms with Gasteiger partial charge in [0.15, 0.2) is 5.78 Å². The molecule has 1 aliphatic rings. The van der Waals surface area contributed by atoms with Crippen molar-refractivity contribution in [2.45, 2.75) is 25.8 Å². The van der Waals surface area contributed by atoms with Gasteiger partial charge in [-0.2, -0.15) is 0 Å². The Morgan fingerprint density at radius 3 is 2.93 bits per heavy atom. The molecule has 1 aliphatic heterocycles. The van der Waals surface area contributed by atoms with Gasteiger partial charge in [-0.05, 0) is 30.9 Å². The summed E-state index contributed by atoms with van der Waals surface area (Å²) in [5, 5.41) is 1.24. The highest BCUT2D eigenvalue weighted by atomic mass is 16.1. The Balaban J connectivity index is 2.33. The standard InChI is InChI=1S/C13H13NO/c1-9-13(15)7-6-11-8-10-4-2-3-5-12(10)14(9)11/h2-5,8-9H,6-7H2,1H3. The van der Waals surface area contributed by atoms with Crippen LogP contribution in [0.2, 0.25) is 0 Å². The maximum atomic E-state index is 11.7. The van der Waals surface area contributed by atoms with E-state index in [0.29, 0.717) is 12.2 Å². The first-order valence-corrected chi connectivity index (χ1v) is 5.39. The van der Waals surface area contributed by atoms with E-state index in [1.165, 1.54) is 16.6 Å². The van der Waals surface area contributed by atoms with Crippen LogP contribution >= 0.6 is 0 Å². The quantitative estimate of drug-likeness (QED) is 0.639. The van der Waals surface area contributed by atoms with E-state index in [-0.39, 0.29) is 6.04 Å². The highest BCUT2D eigenvalue weighted by Crippen LogP contribution is 2.29. The second-order valence-corrected chi connectivity index (χ2v) is 4.21. The number of para-hydroxylation sites is 1. The summed E-state index contributed by atoms with van der Waals surface area (Å²) in [5.74, 6) is 0.351. The van der Waals surface area contributed by atoms with E-state index in [0.717, 1.165) is 6.42 Å². The van der Waals surface area contributed by atoms with Gasteiger partial charge in [-0.1, -0.05) is 18.2 Å². The zero-order chi connectivity index (χ0) is 10.4. The van der Waals surface area contributed by atoms with Crippen molar-refractivity contribution in [2.75, 3.05) is 0 Å². The van der Waals surface area contributed by atoms with Crippen LogP contribution in [0.15, 0.2) is 30.3 Å². The molecule has 0 spiro atoms. The number of nitrogens with zero attached hydrogens (tertiary/aromatic N) is 1. The number of hydrogen-bond acceptors (Lipinski definition) is 1. The SMILES string of the molecule is CC1C(=O)CCc2cc3ccccc3n21. The number of aromatic nitrogens is 1. The van der Waals surface area contributed by atoms with Crippen molar-refractivity contribution in [3.63, 3.8) is 0 Å². The first-order chi connectivity index (χ1) is 7.27. The Hall–Kier alpha value is -1.57. The number of ketones is 1. The van der Waals surface area contributed by atoms with Gasteiger partial charge < -0.3 is 4.57 Å².